The van der Waals surface area contributed by atoms with Gasteiger partial charge in [-0.2, -0.15) is 0 Å². The third-order valence-electron chi connectivity index (χ3n) is 4.83. The summed E-state index contributed by atoms with van der Waals surface area (Å²) in [4.78, 5) is 25.6. The zero-order chi connectivity index (χ0) is 20.1. The maximum Gasteiger partial charge on any atom is 0.275 e. The first-order chi connectivity index (χ1) is 13.4. The monoisotopic (exact) mass is 386 g/mol. The highest BCUT2D eigenvalue weighted by Gasteiger charge is 2.23. The summed E-state index contributed by atoms with van der Waals surface area (Å²) in [5.41, 5.74) is 0.816. The first-order valence-electron chi connectivity index (χ1n) is 9.01. The van der Waals surface area contributed by atoms with Gasteiger partial charge in [0.15, 0.2) is 6.54 Å². The maximum absolute atomic E-state index is 12.2. The van der Waals surface area contributed by atoms with E-state index in [4.69, 9.17) is 0 Å². The number of aromatic hydroxyl groups is 1. The van der Waals surface area contributed by atoms with Gasteiger partial charge in [0.2, 0.25) is 0 Å². The second-order valence-electron chi connectivity index (χ2n) is 6.73. The Bertz CT molecular complexity index is 865. The van der Waals surface area contributed by atoms with Crippen LogP contribution in [0.4, 0.5) is 11.4 Å². The van der Waals surface area contributed by atoms with E-state index in [0.717, 1.165) is 48.9 Å². The van der Waals surface area contributed by atoms with Crippen LogP contribution in [0.15, 0.2) is 42.5 Å². The van der Waals surface area contributed by atoms with Gasteiger partial charge in [0.25, 0.3) is 11.6 Å². The van der Waals surface area contributed by atoms with E-state index in [0.29, 0.717) is 0 Å². The Kier molecular flexibility index (Phi) is 5.95. The van der Waals surface area contributed by atoms with Crippen LogP contribution in [-0.2, 0) is 11.3 Å². The number of nitro benzene ring substituents is 1. The topological polar surface area (TPSA) is 123 Å². The molecule has 9 nitrogen and oxygen atoms in total. The van der Waals surface area contributed by atoms with E-state index in [1.807, 2.05) is 12.1 Å². The van der Waals surface area contributed by atoms with Crippen molar-refractivity contribution in [2.75, 3.05) is 37.6 Å². The van der Waals surface area contributed by atoms with Crippen molar-refractivity contribution in [3.8, 4) is 11.5 Å². The first-order valence-corrected chi connectivity index (χ1v) is 9.01. The average molecular weight is 386 g/mol. The number of nitro groups is 1. The van der Waals surface area contributed by atoms with Gasteiger partial charge in [-0.3, -0.25) is 14.9 Å². The number of benzene rings is 2. The summed E-state index contributed by atoms with van der Waals surface area (Å²) in [5.74, 6) is -0.305. The summed E-state index contributed by atoms with van der Waals surface area (Å²) in [6, 6.07) is 10.7. The molecular formula is C19H22N4O5. The second kappa shape index (κ2) is 8.57. The van der Waals surface area contributed by atoms with Crippen molar-refractivity contribution in [3.05, 3.63) is 58.1 Å². The number of piperazine rings is 1. The number of nitrogens with zero attached hydrogens (tertiary/aromatic N) is 2. The zero-order valence-corrected chi connectivity index (χ0v) is 15.3. The van der Waals surface area contributed by atoms with Crippen molar-refractivity contribution in [2.45, 2.75) is 6.54 Å². The molecule has 1 heterocycles. The van der Waals surface area contributed by atoms with Crippen molar-refractivity contribution < 1.29 is 24.8 Å². The van der Waals surface area contributed by atoms with Gasteiger partial charge in [0.05, 0.1) is 36.8 Å². The molecular weight excluding hydrogens is 364 g/mol. The minimum absolute atomic E-state index is 0.0311. The number of phenols is 1. The molecule has 0 aromatic heterocycles. The van der Waals surface area contributed by atoms with Gasteiger partial charge in [-0.05, 0) is 17.7 Å². The number of quaternary nitrogens is 1. The van der Waals surface area contributed by atoms with Crippen molar-refractivity contribution in [1.29, 1.82) is 0 Å². The van der Waals surface area contributed by atoms with Crippen molar-refractivity contribution in [1.82, 2.24) is 5.32 Å². The third kappa shape index (κ3) is 4.68. The highest BCUT2D eigenvalue weighted by Crippen LogP contribution is 2.26. The lowest BCUT2D eigenvalue weighted by Crippen LogP contribution is -3.15. The van der Waals surface area contributed by atoms with Crippen molar-refractivity contribution in [2.24, 2.45) is 0 Å². The number of para-hydroxylation sites is 2. The van der Waals surface area contributed by atoms with Gasteiger partial charge in [0.1, 0.15) is 5.75 Å². The van der Waals surface area contributed by atoms with E-state index in [1.165, 1.54) is 6.07 Å². The molecule has 1 fully saturated rings. The molecule has 1 aliphatic rings. The molecule has 0 spiro atoms. The van der Waals surface area contributed by atoms with Crippen LogP contribution in [0, 0.1) is 10.1 Å². The summed E-state index contributed by atoms with van der Waals surface area (Å²) in [6.45, 7) is 3.15. The number of phenolic OH excluding ortho intramolecular Hbond substituents is 1. The Morgan fingerprint density at radius 1 is 1.21 bits per heavy atom. The van der Waals surface area contributed by atoms with Gasteiger partial charge < -0.3 is 25.3 Å². The average Bonchev–Trinajstić information content (AvgIpc) is 2.68. The Morgan fingerprint density at radius 3 is 2.61 bits per heavy atom. The highest BCUT2D eigenvalue weighted by atomic mass is 16.6. The maximum atomic E-state index is 12.2. The van der Waals surface area contributed by atoms with E-state index < -0.39 is 4.92 Å². The fourth-order valence-electron chi connectivity index (χ4n) is 3.27. The first kappa shape index (κ1) is 19.4. The molecule has 0 saturated carbocycles. The van der Waals surface area contributed by atoms with Crippen LogP contribution in [0.2, 0.25) is 0 Å². The van der Waals surface area contributed by atoms with Gasteiger partial charge >= 0.3 is 0 Å². The number of anilines is 1. The molecule has 1 aliphatic heterocycles. The van der Waals surface area contributed by atoms with E-state index in [2.05, 4.69) is 10.2 Å². The van der Waals surface area contributed by atoms with Gasteiger partial charge in [-0.25, -0.2) is 0 Å². The molecule has 9 heteroatoms. The standard InChI is InChI=1S/C19H22N4O5/c24-17-6-5-15(23(27)28)11-14(17)12-20-19(26)13-21-7-9-22(10-8-21)16-3-1-2-4-18(16)25/h1-6,11,24-25H,7-10,12-13H2,(H,20,26). The predicted octanol–water partition coefficient (Wildman–Crippen LogP) is -0.605. The Labute approximate surface area is 162 Å². The lowest BCUT2D eigenvalue weighted by atomic mass is 10.1. The number of non-ortho nitro benzene ring substituents is 1. The molecule has 3 N–H and O–H groups in total. The van der Waals surface area contributed by atoms with Crippen LogP contribution in [0.5, 0.6) is 11.5 Å². The second-order valence-corrected chi connectivity index (χ2v) is 6.73. The molecule has 0 bridgehead atoms. The molecule has 2 aromatic carbocycles. The number of carbonyl (C=O) groups excluding carboxylic acids is 1. The number of hydrogen-bond donors (Lipinski definition) is 3. The SMILES string of the molecule is O=C(C[NH+]1CCN(c2ccccc2O)CC1)NCc1cc([N+](=O)[O-])ccc1[O-]. The fraction of sp³-hybridized carbons (Fsp3) is 0.316. The van der Waals surface area contributed by atoms with Crippen LogP contribution in [0.3, 0.4) is 0 Å². The molecule has 0 atom stereocenters. The molecule has 28 heavy (non-hydrogen) atoms. The van der Waals surface area contributed by atoms with E-state index in [-0.39, 0.29) is 41.7 Å². The molecule has 1 amide bonds. The number of hydrogen-bond acceptors (Lipinski definition) is 6. The highest BCUT2D eigenvalue weighted by molar-refractivity contribution is 5.77. The van der Waals surface area contributed by atoms with E-state index in [9.17, 15) is 25.1 Å². The van der Waals surface area contributed by atoms with Crippen LogP contribution in [0.25, 0.3) is 0 Å². The zero-order valence-electron chi connectivity index (χ0n) is 15.3. The van der Waals surface area contributed by atoms with Crippen molar-refractivity contribution in [3.63, 3.8) is 0 Å². The van der Waals surface area contributed by atoms with Gasteiger partial charge in [-0.15, -0.1) is 5.75 Å². The van der Waals surface area contributed by atoms with E-state index >= 15 is 0 Å². The van der Waals surface area contributed by atoms with Gasteiger partial charge in [0, 0.05) is 18.7 Å². The van der Waals surface area contributed by atoms with Crippen LogP contribution in [-0.4, -0.2) is 48.7 Å². The fourth-order valence-corrected chi connectivity index (χ4v) is 3.27. The molecule has 2 aromatic rings. The van der Waals surface area contributed by atoms with Crippen LogP contribution >= 0.6 is 0 Å². The quantitative estimate of drug-likeness (QED) is 0.450. The number of rotatable bonds is 6. The normalized spacial score (nSPS) is 14.6. The number of nitrogens with one attached hydrogen (secondary N) is 2. The Morgan fingerprint density at radius 2 is 1.93 bits per heavy atom. The lowest BCUT2D eigenvalue weighted by Gasteiger charge is -2.33. The smallest absolute Gasteiger partial charge is 0.275 e. The summed E-state index contributed by atoms with van der Waals surface area (Å²) >= 11 is 0. The van der Waals surface area contributed by atoms with E-state index in [1.54, 1.807) is 12.1 Å². The molecule has 3 rings (SSSR count). The number of amides is 1. The molecule has 1 saturated heterocycles. The predicted molar refractivity (Wildman–Crippen MR) is 100 cm³/mol. The molecule has 0 aliphatic carbocycles. The molecule has 0 unspecified atom stereocenters. The summed E-state index contributed by atoms with van der Waals surface area (Å²) in [6.07, 6.45) is 0. The minimum atomic E-state index is -0.571. The molecule has 0 radical (unpaired) electrons. The summed E-state index contributed by atoms with van der Waals surface area (Å²) in [5, 5.41) is 35.2. The van der Waals surface area contributed by atoms with Gasteiger partial charge in [-0.1, -0.05) is 18.2 Å². The van der Waals surface area contributed by atoms with Crippen LogP contribution in [0.1, 0.15) is 5.56 Å². The summed E-state index contributed by atoms with van der Waals surface area (Å²) < 4.78 is 0. The Hall–Kier alpha value is -3.33. The largest absolute Gasteiger partial charge is 0.872 e. The lowest BCUT2D eigenvalue weighted by molar-refractivity contribution is -0.892. The molecule has 148 valence electrons. The Balaban J connectivity index is 1.48. The third-order valence-corrected chi connectivity index (χ3v) is 4.83. The van der Waals surface area contributed by atoms with Crippen LogP contribution < -0.4 is 20.2 Å². The minimum Gasteiger partial charge on any atom is -0.872 e. The van der Waals surface area contributed by atoms with Crippen molar-refractivity contribution >= 4 is 17.3 Å². The number of carbonyl (C=O) groups is 1. The summed E-state index contributed by atoms with van der Waals surface area (Å²) in [7, 11) is 0.